The third kappa shape index (κ3) is 4.75. The zero-order valence-corrected chi connectivity index (χ0v) is 23.4. The number of phenols is 1. The van der Waals surface area contributed by atoms with Gasteiger partial charge in [0.25, 0.3) is 0 Å². The Morgan fingerprint density at radius 2 is 1.82 bits per heavy atom. The summed E-state index contributed by atoms with van der Waals surface area (Å²) in [5, 5.41) is 16.4. The third-order valence-corrected chi connectivity index (χ3v) is 8.54. The van der Waals surface area contributed by atoms with Crippen LogP contribution in [-0.4, -0.2) is 71.4 Å². The van der Waals surface area contributed by atoms with Crippen LogP contribution in [0.5, 0.6) is 11.8 Å². The quantitative estimate of drug-likeness (QED) is 0.324. The van der Waals surface area contributed by atoms with Crippen molar-refractivity contribution >= 4 is 39.1 Å². The Hall–Kier alpha value is -3.20. The first kappa shape index (κ1) is 26.0. The summed E-state index contributed by atoms with van der Waals surface area (Å²) in [7, 11) is 3.97. The number of aromatic hydroxyl groups is 1. The van der Waals surface area contributed by atoms with Gasteiger partial charge < -0.3 is 25.0 Å². The fourth-order valence-corrected chi connectivity index (χ4v) is 5.85. The number of halogens is 2. The standard InChI is InChI=1S/C30H33ClFN5O2/c1-30(2,36(3)4)16-39-29-34-27-23(28(35-29)37-14-18-9-10-19(15-37)33-18)13-24(31)25(26(27)32)22-12-20(38)11-17-7-5-6-8-21(17)22/h5-8,11-13,18-19,33,38H,9-10,14-16H2,1-4H3/t18-,19+. The lowest BCUT2D eigenvalue weighted by Gasteiger charge is -2.35. The molecule has 4 aromatic rings. The van der Waals surface area contributed by atoms with Crippen LogP contribution in [0.25, 0.3) is 32.8 Å². The van der Waals surface area contributed by atoms with Crippen molar-refractivity contribution in [3.8, 4) is 22.9 Å². The maximum absolute atomic E-state index is 16.6. The summed E-state index contributed by atoms with van der Waals surface area (Å²) in [4.78, 5) is 13.7. The van der Waals surface area contributed by atoms with Crippen LogP contribution in [0, 0.1) is 5.82 Å². The van der Waals surface area contributed by atoms with Crippen LogP contribution < -0.4 is 15.0 Å². The van der Waals surface area contributed by atoms with Gasteiger partial charge in [0.2, 0.25) is 0 Å². The smallest absolute Gasteiger partial charge is 0.319 e. The molecule has 2 aliphatic rings. The molecule has 2 saturated heterocycles. The van der Waals surface area contributed by atoms with Gasteiger partial charge in [-0.3, -0.25) is 0 Å². The zero-order chi connectivity index (χ0) is 27.5. The van der Waals surface area contributed by atoms with Gasteiger partial charge in [-0.05, 0) is 75.3 Å². The lowest BCUT2D eigenvalue weighted by atomic mass is 9.96. The Morgan fingerprint density at radius 1 is 1.10 bits per heavy atom. The maximum atomic E-state index is 16.6. The third-order valence-electron chi connectivity index (χ3n) is 8.24. The minimum Gasteiger partial charge on any atom is -0.508 e. The summed E-state index contributed by atoms with van der Waals surface area (Å²) in [6, 6.07) is 13.3. The van der Waals surface area contributed by atoms with Crippen molar-refractivity contribution in [2.45, 2.75) is 44.3 Å². The van der Waals surface area contributed by atoms with Gasteiger partial charge in [0.15, 0.2) is 5.82 Å². The average Bonchev–Trinajstić information content (AvgIpc) is 3.24. The Bertz CT molecular complexity index is 1560. The maximum Gasteiger partial charge on any atom is 0.319 e. The largest absolute Gasteiger partial charge is 0.508 e. The second-order valence-electron chi connectivity index (χ2n) is 11.5. The van der Waals surface area contributed by atoms with Crippen molar-refractivity contribution < 1.29 is 14.2 Å². The van der Waals surface area contributed by atoms with Crippen molar-refractivity contribution in [2.75, 3.05) is 38.7 Å². The van der Waals surface area contributed by atoms with E-state index in [2.05, 4.69) is 33.9 Å². The van der Waals surface area contributed by atoms with Gasteiger partial charge in [0, 0.05) is 41.7 Å². The summed E-state index contributed by atoms with van der Waals surface area (Å²) in [5.41, 5.74) is 0.569. The van der Waals surface area contributed by atoms with Crippen molar-refractivity contribution in [1.82, 2.24) is 20.2 Å². The van der Waals surface area contributed by atoms with Crippen LogP contribution >= 0.6 is 11.6 Å². The van der Waals surface area contributed by atoms with E-state index < -0.39 is 5.82 Å². The number of nitrogens with one attached hydrogen (secondary N) is 1. The molecule has 2 bridgehead atoms. The summed E-state index contributed by atoms with van der Waals surface area (Å²) in [6.45, 7) is 5.99. The molecule has 2 N–H and O–H groups in total. The first-order valence-electron chi connectivity index (χ1n) is 13.3. The molecule has 3 heterocycles. The lowest BCUT2D eigenvalue weighted by Crippen LogP contribution is -2.51. The minimum absolute atomic E-state index is 0.0360. The number of nitrogens with zero attached hydrogens (tertiary/aromatic N) is 4. The van der Waals surface area contributed by atoms with E-state index in [9.17, 15) is 5.11 Å². The first-order valence-corrected chi connectivity index (χ1v) is 13.7. The minimum atomic E-state index is -0.563. The monoisotopic (exact) mass is 549 g/mol. The van der Waals surface area contributed by atoms with Gasteiger partial charge in [-0.25, -0.2) is 4.39 Å². The predicted octanol–water partition coefficient (Wildman–Crippen LogP) is 5.61. The molecule has 7 nitrogen and oxygen atoms in total. The van der Waals surface area contributed by atoms with Crippen molar-refractivity contribution in [1.29, 1.82) is 0 Å². The lowest BCUT2D eigenvalue weighted by molar-refractivity contribution is 0.108. The molecule has 2 fully saturated rings. The van der Waals surface area contributed by atoms with Crippen LogP contribution in [0.2, 0.25) is 5.02 Å². The molecule has 2 atom stereocenters. The van der Waals surface area contributed by atoms with Crippen LogP contribution in [0.15, 0.2) is 42.5 Å². The van der Waals surface area contributed by atoms with E-state index >= 15 is 4.39 Å². The molecule has 6 rings (SSSR count). The van der Waals surface area contributed by atoms with Gasteiger partial charge in [0.1, 0.15) is 23.7 Å². The Labute approximate surface area is 232 Å². The molecular weight excluding hydrogens is 517 g/mol. The SMILES string of the molecule is CN(C)C(C)(C)COc1nc(N2C[C@H]3CC[C@@H](C2)N3)c2cc(Cl)c(-c3cc(O)cc4ccccc34)c(F)c2n1. The molecule has 2 aliphatic heterocycles. The molecule has 1 aromatic heterocycles. The van der Waals surface area contributed by atoms with E-state index in [0.717, 1.165) is 36.7 Å². The molecule has 0 radical (unpaired) electrons. The number of hydrogen-bond acceptors (Lipinski definition) is 7. The molecule has 9 heteroatoms. The van der Waals surface area contributed by atoms with E-state index in [1.54, 1.807) is 18.2 Å². The summed E-state index contributed by atoms with van der Waals surface area (Å²) < 4.78 is 22.7. The number of hydrogen-bond donors (Lipinski definition) is 2. The normalized spacial score (nSPS) is 19.4. The highest BCUT2D eigenvalue weighted by atomic mass is 35.5. The number of rotatable bonds is 6. The number of fused-ring (bicyclic) bond motifs is 4. The van der Waals surface area contributed by atoms with Gasteiger partial charge >= 0.3 is 6.01 Å². The van der Waals surface area contributed by atoms with Crippen molar-refractivity contribution in [2.24, 2.45) is 0 Å². The van der Waals surface area contributed by atoms with E-state index in [-0.39, 0.29) is 33.4 Å². The molecule has 0 unspecified atom stereocenters. The molecule has 39 heavy (non-hydrogen) atoms. The fourth-order valence-electron chi connectivity index (χ4n) is 5.55. The Balaban J connectivity index is 1.54. The fraction of sp³-hybridized carbons (Fsp3) is 0.400. The number of likely N-dealkylation sites (N-methyl/N-ethyl adjacent to an activating group) is 1. The highest BCUT2D eigenvalue weighted by Crippen LogP contribution is 2.43. The topological polar surface area (TPSA) is 73.8 Å². The van der Waals surface area contributed by atoms with Gasteiger partial charge in [-0.2, -0.15) is 9.97 Å². The van der Waals surface area contributed by atoms with Gasteiger partial charge in [-0.1, -0.05) is 35.9 Å². The number of anilines is 1. The molecule has 0 amide bonds. The molecule has 0 saturated carbocycles. The average molecular weight is 550 g/mol. The molecular formula is C30H33ClFN5O2. The molecule has 0 spiro atoms. The number of phenolic OH excluding ortho intramolecular Hbond substituents is 1. The highest BCUT2D eigenvalue weighted by Gasteiger charge is 2.34. The highest BCUT2D eigenvalue weighted by molar-refractivity contribution is 6.35. The number of benzene rings is 3. The van der Waals surface area contributed by atoms with Crippen LogP contribution in [0.4, 0.5) is 10.2 Å². The zero-order valence-electron chi connectivity index (χ0n) is 22.6. The predicted molar refractivity (Wildman–Crippen MR) is 155 cm³/mol. The van der Waals surface area contributed by atoms with Crippen LogP contribution in [0.3, 0.4) is 0 Å². The first-order chi connectivity index (χ1) is 18.6. The molecule has 3 aromatic carbocycles. The van der Waals surface area contributed by atoms with E-state index in [0.29, 0.717) is 35.5 Å². The van der Waals surface area contributed by atoms with Crippen LogP contribution in [-0.2, 0) is 0 Å². The Kier molecular flexibility index (Phi) is 6.52. The van der Waals surface area contributed by atoms with E-state index in [1.807, 2.05) is 38.4 Å². The second kappa shape index (κ2) is 9.77. The summed E-state index contributed by atoms with van der Waals surface area (Å²) >= 11 is 6.83. The van der Waals surface area contributed by atoms with Crippen molar-refractivity contribution in [3.63, 3.8) is 0 Å². The van der Waals surface area contributed by atoms with Crippen LogP contribution in [0.1, 0.15) is 26.7 Å². The van der Waals surface area contributed by atoms with Crippen molar-refractivity contribution in [3.05, 3.63) is 53.3 Å². The molecule has 0 aliphatic carbocycles. The second-order valence-corrected chi connectivity index (χ2v) is 11.9. The van der Waals surface area contributed by atoms with Gasteiger partial charge in [0.05, 0.1) is 5.02 Å². The van der Waals surface area contributed by atoms with E-state index in [4.69, 9.17) is 21.3 Å². The number of aromatic nitrogens is 2. The summed E-state index contributed by atoms with van der Waals surface area (Å²) in [5.74, 6) is 0.102. The molecule has 204 valence electrons. The van der Waals surface area contributed by atoms with Gasteiger partial charge in [-0.15, -0.1) is 0 Å². The Morgan fingerprint density at radius 3 is 2.54 bits per heavy atom. The summed E-state index contributed by atoms with van der Waals surface area (Å²) in [6.07, 6.45) is 2.21. The number of ether oxygens (including phenoxy) is 1. The number of piperazine rings is 1. The van der Waals surface area contributed by atoms with E-state index in [1.165, 1.54) is 0 Å².